The second kappa shape index (κ2) is 3.92. The van der Waals surface area contributed by atoms with E-state index >= 15 is 0 Å². The Morgan fingerprint density at radius 2 is 2.19 bits per heavy atom. The summed E-state index contributed by atoms with van der Waals surface area (Å²) >= 11 is 0. The highest BCUT2D eigenvalue weighted by atomic mass is 16.4. The van der Waals surface area contributed by atoms with E-state index in [1.165, 1.54) is 4.90 Å². The van der Waals surface area contributed by atoms with Gasteiger partial charge in [-0.3, -0.25) is 14.6 Å². The number of rotatable bonds is 2. The number of nitrogens with zero attached hydrogens (tertiary/aromatic N) is 2. The molecule has 1 N–H and O–H groups in total. The van der Waals surface area contributed by atoms with Crippen molar-refractivity contribution < 1.29 is 14.7 Å². The molecule has 1 aliphatic rings. The van der Waals surface area contributed by atoms with Gasteiger partial charge in [0.2, 0.25) is 0 Å². The molecule has 0 radical (unpaired) electrons. The number of carbonyl (C=O) groups excluding carboxylic acids is 1. The molecule has 0 unspecified atom stereocenters. The zero-order valence-electron chi connectivity index (χ0n) is 8.88. The zero-order chi connectivity index (χ0) is 11.7. The largest absolute Gasteiger partial charge is 0.481 e. The minimum Gasteiger partial charge on any atom is -0.481 e. The molecule has 0 atom stereocenters. The number of hydrogen-bond acceptors (Lipinski definition) is 3. The van der Waals surface area contributed by atoms with Gasteiger partial charge in [-0.2, -0.15) is 0 Å². The molecule has 1 aliphatic heterocycles. The van der Waals surface area contributed by atoms with Crippen LogP contribution in [0.25, 0.3) is 0 Å². The van der Waals surface area contributed by atoms with Crippen molar-refractivity contribution in [2.24, 2.45) is 5.92 Å². The lowest BCUT2D eigenvalue weighted by Gasteiger charge is -2.36. The second-order valence-corrected chi connectivity index (χ2v) is 3.88. The van der Waals surface area contributed by atoms with Gasteiger partial charge < -0.3 is 10.0 Å². The fourth-order valence-corrected chi connectivity index (χ4v) is 1.68. The molecule has 84 valence electrons. The molecule has 0 aliphatic carbocycles. The highest BCUT2D eigenvalue weighted by molar-refractivity contribution is 5.96. The first-order valence-electron chi connectivity index (χ1n) is 5.03. The molecule has 5 nitrogen and oxygen atoms in total. The van der Waals surface area contributed by atoms with E-state index in [9.17, 15) is 9.59 Å². The van der Waals surface area contributed by atoms with Crippen LogP contribution in [0, 0.1) is 12.8 Å². The van der Waals surface area contributed by atoms with Crippen LogP contribution in [-0.2, 0) is 4.79 Å². The summed E-state index contributed by atoms with van der Waals surface area (Å²) in [5.74, 6) is -1.39. The number of carboxylic acid groups (broad SMARTS) is 1. The van der Waals surface area contributed by atoms with Crippen LogP contribution >= 0.6 is 0 Å². The summed E-state index contributed by atoms with van der Waals surface area (Å²) in [6.07, 6.45) is 1.63. The van der Waals surface area contributed by atoms with Gasteiger partial charge in [0.1, 0.15) is 0 Å². The topological polar surface area (TPSA) is 70.5 Å². The summed E-state index contributed by atoms with van der Waals surface area (Å²) in [6, 6.07) is 3.41. The average Bonchev–Trinajstić information content (AvgIpc) is 2.15. The minimum atomic E-state index is -0.841. The second-order valence-electron chi connectivity index (χ2n) is 3.88. The van der Waals surface area contributed by atoms with Crippen LogP contribution in [0.5, 0.6) is 0 Å². The Morgan fingerprint density at radius 3 is 2.75 bits per heavy atom. The summed E-state index contributed by atoms with van der Waals surface area (Å²) in [5.41, 5.74) is 1.22. The van der Waals surface area contributed by atoms with Gasteiger partial charge in [-0.05, 0) is 19.1 Å². The van der Waals surface area contributed by atoms with Gasteiger partial charge in [0.15, 0.2) is 0 Å². The van der Waals surface area contributed by atoms with E-state index < -0.39 is 11.9 Å². The van der Waals surface area contributed by atoms with E-state index in [1.807, 2.05) is 0 Å². The molecule has 16 heavy (non-hydrogen) atoms. The van der Waals surface area contributed by atoms with Gasteiger partial charge in [-0.25, -0.2) is 0 Å². The van der Waals surface area contributed by atoms with E-state index in [0.29, 0.717) is 24.3 Å². The van der Waals surface area contributed by atoms with E-state index in [0.717, 1.165) is 0 Å². The van der Waals surface area contributed by atoms with Crippen molar-refractivity contribution in [1.29, 1.82) is 0 Å². The molecular formula is C11H12N2O3. The van der Waals surface area contributed by atoms with Crippen molar-refractivity contribution in [3.8, 4) is 0 Å². The van der Waals surface area contributed by atoms with Crippen molar-refractivity contribution in [3.05, 3.63) is 29.6 Å². The minimum absolute atomic E-state index is 0.136. The monoisotopic (exact) mass is 220 g/mol. The number of likely N-dealkylation sites (tertiary alicyclic amines) is 1. The average molecular weight is 220 g/mol. The summed E-state index contributed by atoms with van der Waals surface area (Å²) < 4.78 is 0. The highest BCUT2D eigenvalue weighted by Crippen LogP contribution is 2.19. The molecule has 0 saturated carbocycles. The van der Waals surface area contributed by atoms with Crippen molar-refractivity contribution in [2.75, 3.05) is 13.1 Å². The van der Waals surface area contributed by atoms with Crippen molar-refractivity contribution in [1.82, 2.24) is 9.88 Å². The molecule has 0 aromatic carbocycles. The van der Waals surface area contributed by atoms with E-state index in [2.05, 4.69) is 4.98 Å². The van der Waals surface area contributed by atoms with Crippen LogP contribution in [0.1, 0.15) is 16.1 Å². The molecule has 2 heterocycles. The molecule has 1 saturated heterocycles. The molecule has 1 aromatic rings. The third-order valence-electron chi connectivity index (χ3n) is 2.76. The van der Waals surface area contributed by atoms with Gasteiger partial charge in [0.05, 0.1) is 11.5 Å². The Labute approximate surface area is 92.7 Å². The maximum absolute atomic E-state index is 11.9. The van der Waals surface area contributed by atoms with Gasteiger partial charge in [-0.15, -0.1) is 0 Å². The van der Waals surface area contributed by atoms with Crippen LogP contribution in [0.15, 0.2) is 18.3 Å². The van der Waals surface area contributed by atoms with E-state index in [1.54, 1.807) is 25.3 Å². The maximum atomic E-state index is 11.9. The highest BCUT2D eigenvalue weighted by Gasteiger charge is 2.36. The quantitative estimate of drug-likeness (QED) is 0.790. The zero-order valence-corrected chi connectivity index (χ0v) is 8.88. The number of pyridine rings is 1. The van der Waals surface area contributed by atoms with Gasteiger partial charge in [0, 0.05) is 25.0 Å². The van der Waals surface area contributed by atoms with Crippen LogP contribution in [0.2, 0.25) is 0 Å². The first-order valence-corrected chi connectivity index (χ1v) is 5.03. The number of carbonyl (C=O) groups is 2. The van der Waals surface area contributed by atoms with Crippen LogP contribution < -0.4 is 0 Å². The normalized spacial score (nSPS) is 15.7. The van der Waals surface area contributed by atoms with Gasteiger partial charge >= 0.3 is 5.97 Å². The molecule has 1 amide bonds. The number of hydrogen-bond donors (Lipinski definition) is 1. The first-order chi connectivity index (χ1) is 7.59. The Balaban J connectivity index is 2.06. The lowest BCUT2D eigenvalue weighted by atomic mass is 9.99. The fraction of sp³-hybridized carbons (Fsp3) is 0.364. The molecule has 1 fully saturated rings. The lowest BCUT2D eigenvalue weighted by Crippen LogP contribution is -2.53. The molecule has 2 rings (SSSR count). The predicted molar refractivity (Wildman–Crippen MR) is 56.0 cm³/mol. The lowest BCUT2D eigenvalue weighted by molar-refractivity contribution is -0.146. The van der Waals surface area contributed by atoms with Crippen molar-refractivity contribution >= 4 is 11.9 Å². The molecule has 0 bridgehead atoms. The van der Waals surface area contributed by atoms with Gasteiger partial charge in [-0.1, -0.05) is 0 Å². The van der Waals surface area contributed by atoms with E-state index in [4.69, 9.17) is 5.11 Å². The van der Waals surface area contributed by atoms with Crippen LogP contribution in [0.3, 0.4) is 0 Å². The smallest absolute Gasteiger partial charge is 0.310 e. The van der Waals surface area contributed by atoms with Crippen molar-refractivity contribution in [3.63, 3.8) is 0 Å². The molecular weight excluding hydrogens is 208 g/mol. The maximum Gasteiger partial charge on any atom is 0.310 e. The summed E-state index contributed by atoms with van der Waals surface area (Å²) in [4.78, 5) is 28.1. The summed E-state index contributed by atoms with van der Waals surface area (Å²) in [5, 5.41) is 8.71. The SMILES string of the molecule is Cc1ncccc1C(=O)N1CC(C(=O)O)C1. The Hall–Kier alpha value is -1.91. The first kappa shape index (κ1) is 10.6. The Bertz CT molecular complexity index is 439. The summed E-state index contributed by atoms with van der Waals surface area (Å²) in [7, 11) is 0. The van der Waals surface area contributed by atoms with Crippen molar-refractivity contribution in [2.45, 2.75) is 6.92 Å². The summed E-state index contributed by atoms with van der Waals surface area (Å²) in [6.45, 7) is 2.35. The van der Waals surface area contributed by atoms with Gasteiger partial charge in [0.25, 0.3) is 5.91 Å². The third-order valence-corrected chi connectivity index (χ3v) is 2.76. The molecule has 1 aromatic heterocycles. The Kier molecular flexibility index (Phi) is 2.60. The molecule has 5 heteroatoms. The number of aryl methyl sites for hydroxylation is 1. The van der Waals surface area contributed by atoms with Crippen LogP contribution in [-0.4, -0.2) is 40.0 Å². The third kappa shape index (κ3) is 1.76. The fourth-order valence-electron chi connectivity index (χ4n) is 1.68. The van der Waals surface area contributed by atoms with Crippen LogP contribution in [0.4, 0.5) is 0 Å². The number of aromatic nitrogens is 1. The number of amides is 1. The standard InChI is InChI=1S/C11H12N2O3/c1-7-9(3-2-4-12-7)10(14)13-5-8(6-13)11(15)16/h2-4,8H,5-6H2,1H3,(H,15,16). The predicted octanol–water partition coefficient (Wildman–Crippen LogP) is 0.547. The Morgan fingerprint density at radius 1 is 1.50 bits per heavy atom. The molecule has 0 spiro atoms. The number of aliphatic carboxylic acids is 1. The van der Waals surface area contributed by atoms with E-state index in [-0.39, 0.29) is 5.91 Å². The number of carboxylic acids is 1.